The van der Waals surface area contributed by atoms with Crippen LogP contribution in [-0.4, -0.2) is 32.1 Å². The van der Waals surface area contributed by atoms with Crippen molar-refractivity contribution in [3.05, 3.63) is 41.7 Å². The number of hydrogen-bond acceptors (Lipinski definition) is 5. The van der Waals surface area contributed by atoms with Gasteiger partial charge in [0.15, 0.2) is 11.6 Å². The van der Waals surface area contributed by atoms with E-state index >= 15 is 0 Å². The molecule has 24 heavy (non-hydrogen) atoms. The molecule has 3 rings (SSSR count). The first-order chi connectivity index (χ1) is 11.7. The SMILES string of the molecule is CCCCn1nc(Cc2ccc(OC)cc2)nc1-c1cc(N)n[nH]1. The van der Waals surface area contributed by atoms with Crippen molar-refractivity contribution in [1.29, 1.82) is 0 Å². The third-order valence-electron chi connectivity index (χ3n) is 3.80. The van der Waals surface area contributed by atoms with Crippen LogP contribution in [-0.2, 0) is 13.0 Å². The standard InChI is InChI=1S/C17H22N6O/c1-3-4-9-23-17(14-11-15(18)21-20-14)19-16(22-23)10-12-5-7-13(24-2)8-6-12/h5-8,11H,3-4,9-10H2,1-2H3,(H3,18,20,21). The molecule has 0 aliphatic rings. The van der Waals surface area contributed by atoms with Crippen LogP contribution in [0.3, 0.4) is 0 Å². The van der Waals surface area contributed by atoms with E-state index in [1.54, 1.807) is 13.2 Å². The molecule has 0 fully saturated rings. The quantitative estimate of drug-likeness (QED) is 0.696. The molecule has 0 atom stereocenters. The van der Waals surface area contributed by atoms with Gasteiger partial charge in [0.1, 0.15) is 17.3 Å². The fraction of sp³-hybridized carbons (Fsp3) is 0.353. The van der Waals surface area contributed by atoms with Crippen molar-refractivity contribution in [3.8, 4) is 17.3 Å². The zero-order chi connectivity index (χ0) is 16.9. The van der Waals surface area contributed by atoms with Gasteiger partial charge in [-0.2, -0.15) is 10.2 Å². The number of anilines is 1. The summed E-state index contributed by atoms with van der Waals surface area (Å²) in [5.74, 6) is 2.84. The summed E-state index contributed by atoms with van der Waals surface area (Å²) in [5, 5.41) is 11.6. The van der Waals surface area contributed by atoms with Crippen LogP contribution in [0.15, 0.2) is 30.3 Å². The summed E-state index contributed by atoms with van der Waals surface area (Å²) in [7, 11) is 1.66. The highest BCUT2D eigenvalue weighted by Gasteiger charge is 2.14. The maximum Gasteiger partial charge on any atom is 0.176 e. The van der Waals surface area contributed by atoms with Gasteiger partial charge in [0, 0.05) is 19.0 Å². The number of aromatic amines is 1. The van der Waals surface area contributed by atoms with Crippen molar-refractivity contribution < 1.29 is 4.74 Å². The Morgan fingerprint density at radius 3 is 2.67 bits per heavy atom. The largest absolute Gasteiger partial charge is 0.497 e. The molecule has 0 spiro atoms. The lowest BCUT2D eigenvalue weighted by molar-refractivity contribution is 0.414. The highest BCUT2D eigenvalue weighted by Crippen LogP contribution is 2.19. The van der Waals surface area contributed by atoms with E-state index in [0.717, 1.165) is 48.0 Å². The molecule has 1 aromatic carbocycles. The summed E-state index contributed by atoms with van der Waals surface area (Å²) in [6.07, 6.45) is 2.81. The summed E-state index contributed by atoms with van der Waals surface area (Å²) in [6.45, 7) is 2.98. The van der Waals surface area contributed by atoms with Crippen molar-refractivity contribution in [2.75, 3.05) is 12.8 Å². The van der Waals surface area contributed by atoms with Crippen molar-refractivity contribution in [3.63, 3.8) is 0 Å². The van der Waals surface area contributed by atoms with Crippen molar-refractivity contribution in [2.45, 2.75) is 32.7 Å². The Balaban J connectivity index is 1.86. The second-order valence-electron chi connectivity index (χ2n) is 5.66. The number of unbranched alkanes of at least 4 members (excludes halogenated alkanes) is 1. The minimum Gasteiger partial charge on any atom is -0.497 e. The number of methoxy groups -OCH3 is 1. The van der Waals surface area contributed by atoms with E-state index in [9.17, 15) is 0 Å². The number of hydrogen-bond donors (Lipinski definition) is 2. The molecular weight excluding hydrogens is 304 g/mol. The predicted octanol–water partition coefficient (Wildman–Crippen LogP) is 2.65. The number of nitrogen functional groups attached to an aromatic ring is 1. The average Bonchev–Trinajstić information content (AvgIpc) is 3.19. The van der Waals surface area contributed by atoms with E-state index in [2.05, 4.69) is 27.2 Å². The van der Waals surface area contributed by atoms with Gasteiger partial charge in [0.25, 0.3) is 0 Å². The lowest BCUT2D eigenvalue weighted by atomic mass is 10.1. The van der Waals surface area contributed by atoms with E-state index in [1.807, 2.05) is 28.9 Å². The van der Waals surface area contributed by atoms with Crippen molar-refractivity contribution in [2.24, 2.45) is 0 Å². The molecule has 0 bridgehead atoms. The van der Waals surface area contributed by atoms with Crippen LogP contribution >= 0.6 is 0 Å². The zero-order valence-electron chi connectivity index (χ0n) is 14.0. The maximum absolute atomic E-state index is 5.71. The number of benzene rings is 1. The van der Waals surface area contributed by atoms with E-state index in [4.69, 9.17) is 10.5 Å². The van der Waals surface area contributed by atoms with Crippen LogP contribution in [0.4, 0.5) is 5.82 Å². The van der Waals surface area contributed by atoms with Gasteiger partial charge in [0.2, 0.25) is 0 Å². The molecule has 3 N–H and O–H groups in total. The molecule has 0 aliphatic heterocycles. The highest BCUT2D eigenvalue weighted by atomic mass is 16.5. The molecule has 0 radical (unpaired) electrons. The molecule has 0 saturated heterocycles. The van der Waals surface area contributed by atoms with Gasteiger partial charge in [-0.1, -0.05) is 25.5 Å². The number of aryl methyl sites for hydroxylation is 1. The van der Waals surface area contributed by atoms with Gasteiger partial charge >= 0.3 is 0 Å². The highest BCUT2D eigenvalue weighted by molar-refractivity contribution is 5.54. The van der Waals surface area contributed by atoms with Crippen LogP contribution in [0.5, 0.6) is 5.75 Å². The number of ether oxygens (including phenoxy) is 1. The fourth-order valence-corrected chi connectivity index (χ4v) is 2.50. The molecule has 7 nitrogen and oxygen atoms in total. The number of aromatic nitrogens is 5. The molecule has 2 aromatic heterocycles. The van der Waals surface area contributed by atoms with E-state index in [0.29, 0.717) is 12.2 Å². The number of nitrogens with two attached hydrogens (primary N) is 1. The van der Waals surface area contributed by atoms with Crippen LogP contribution in [0.1, 0.15) is 31.2 Å². The lowest BCUT2D eigenvalue weighted by Gasteiger charge is -2.02. The lowest BCUT2D eigenvalue weighted by Crippen LogP contribution is -2.03. The first-order valence-electron chi connectivity index (χ1n) is 8.07. The smallest absolute Gasteiger partial charge is 0.176 e. The normalized spacial score (nSPS) is 10.9. The molecule has 3 aromatic rings. The van der Waals surface area contributed by atoms with E-state index in [1.165, 1.54) is 0 Å². The molecule has 0 amide bonds. The third kappa shape index (κ3) is 3.56. The number of nitrogens with zero attached hydrogens (tertiary/aromatic N) is 4. The summed E-state index contributed by atoms with van der Waals surface area (Å²) in [4.78, 5) is 4.68. The van der Waals surface area contributed by atoms with Gasteiger partial charge in [-0.05, 0) is 24.1 Å². The third-order valence-corrected chi connectivity index (χ3v) is 3.80. The Morgan fingerprint density at radius 1 is 1.25 bits per heavy atom. The van der Waals surface area contributed by atoms with Crippen molar-refractivity contribution >= 4 is 5.82 Å². The molecule has 0 saturated carbocycles. The Kier molecular flexibility index (Phi) is 4.79. The molecular formula is C17H22N6O. The number of nitrogens with one attached hydrogen (secondary N) is 1. The summed E-state index contributed by atoms with van der Waals surface area (Å²) >= 11 is 0. The van der Waals surface area contributed by atoms with Gasteiger partial charge in [-0.15, -0.1) is 0 Å². The fourth-order valence-electron chi connectivity index (χ4n) is 2.50. The first-order valence-corrected chi connectivity index (χ1v) is 8.07. The molecule has 7 heteroatoms. The minimum absolute atomic E-state index is 0.451. The van der Waals surface area contributed by atoms with Crippen LogP contribution in [0.2, 0.25) is 0 Å². The molecule has 0 unspecified atom stereocenters. The molecule has 2 heterocycles. The zero-order valence-corrected chi connectivity index (χ0v) is 14.0. The topological polar surface area (TPSA) is 94.6 Å². The van der Waals surface area contributed by atoms with Crippen molar-refractivity contribution in [1.82, 2.24) is 25.0 Å². The summed E-state index contributed by atoms with van der Waals surface area (Å²) < 4.78 is 7.11. The Labute approximate surface area is 140 Å². The second kappa shape index (κ2) is 7.16. The van der Waals surface area contributed by atoms with Crippen LogP contribution in [0, 0.1) is 0 Å². The van der Waals surface area contributed by atoms with Gasteiger partial charge < -0.3 is 10.5 Å². The maximum atomic E-state index is 5.71. The number of H-pyrrole nitrogens is 1. The van der Waals surface area contributed by atoms with Gasteiger partial charge in [0.05, 0.1) is 7.11 Å². The van der Waals surface area contributed by atoms with Crippen LogP contribution < -0.4 is 10.5 Å². The summed E-state index contributed by atoms with van der Waals surface area (Å²) in [6, 6.07) is 9.72. The van der Waals surface area contributed by atoms with Gasteiger partial charge in [-0.25, -0.2) is 9.67 Å². The van der Waals surface area contributed by atoms with Gasteiger partial charge in [-0.3, -0.25) is 5.10 Å². The predicted molar refractivity (Wildman–Crippen MR) is 92.7 cm³/mol. The average molecular weight is 326 g/mol. The Bertz CT molecular complexity index is 790. The Morgan fingerprint density at radius 2 is 2.04 bits per heavy atom. The minimum atomic E-state index is 0.451. The summed E-state index contributed by atoms with van der Waals surface area (Å²) in [5.41, 5.74) is 7.64. The second-order valence-corrected chi connectivity index (χ2v) is 5.66. The first kappa shape index (κ1) is 16.0. The Hall–Kier alpha value is -2.83. The molecule has 126 valence electrons. The van der Waals surface area contributed by atoms with Crippen LogP contribution in [0.25, 0.3) is 11.5 Å². The van der Waals surface area contributed by atoms with E-state index < -0.39 is 0 Å². The molecule has 0 aliphatic carbocycles. The van der Waals surface area contributed by atoms with E-state index in [-0.39, 0.29) is 0 Å². The number of rotatable bonds is 7. The monoisotopic (exact) mass is 326 g/mol.